The van der Waals surface area contributed by atoms with Crippen molar-refractivity contribution < 1.29 is 13.2 Å². The van der Waals surface area contributed by atoms with Crippen molar-refractivity contribution in [2.24, 2.45) is 0 Å². The molecule has 5 rings (SSSR count). The van der Waals surface area contributed by atoms with Crippen LogP contribution in [0.5, 0.6) is 0 Å². The molecular formula is C35H47N3O3S. The third-order valence-corrected chi connectivity index (χ3v) is 10.6. The van der Waals surface area contributed by atoms with Crippen LogP contribution in [0.4, 0.5) is 5.69 Å². The van der Waals surface area contributed by atoms with Crippen molar-refractivity contribution in [1.29, 1.82) is 0 Å². The Morgan fingerprint density at radius 2 is 1.24 bits per heavy atom. The highest BCUT2D eigenvalue weighted by Crippen LogP contribution is 2.32. The number of carbonyl (C=O) groups excluding carboxylic acids is 1. The molecule has 1 heterocycles. The molecule has 2 fully saturated rings. The Morgan fingerprint density at radius 3 is 1.86 bits per heavy atom. The van der Waals surface area contributed by atoms with Gasteiger partial charge in [0.2, 0.25) is 10.0 Å². The Labute approximate surface area is 252 Å². The van der Waals surface area contributed by atoms with E-state index < -0.39 is 10.0 Å². The molecule has 0 saturated heterocycles. The molecule has 2 N–H and O–H groups in total. The second-order valence-electron chi connectivity index (χ2n) is 12.4. The molecule has 6 nitrogen and oxygen atoms in total. The zero-order valence-electron chi connectivity index (χ0n) is 25.0. The summed E-state index contributed by atoms with van der Waals surface area (Å²) in [5, 5.41) is 3.84. The molecule has 2 aromatic carbocycles. The maximum absolute atomic E-state index is 13.6. The van der Waals surface area contributed by atoms with E-state index in [4.69, 9.17) is 4.98 Å². The number of nitrogens with zero attached hydrogens (tertiary/aromatic N) is 1. The van der Waals surface area contributed by atoms with Crippen molar-refractivity contribution in [3.8, 4) is 0 Å². The number of hydrogen-bond donors (Lipinski definition) is 2. The van der Waals surface area contributed by atoms with Gasteiger partial charge in [-0.05, 0) is 62.1 Å². The number of rotatable bonds is 6. The number of sulfonamides is 1. The Morgan fingerprint density at radius 1 is 0.690 bits per heavy atom. The van der Waals surface area contributed by atoms with Crippen LogP contribution in [0.25, 0.3) is 10.9 Å². The normalized spacial score (nSPS) is 19.0. The maximum Gasteiger partial charge on any atom is 0.256 e. The molecule has 226 valence electrons. The van der Waals surface area contributed by atoms with Crippen LogP contribution in [-0.2, 0) is 10.0 Å². The number of hydrogen-bond acceptors (Lipinski definition) is 4. The minimum Gasteiger partial charge on any atom is -0.322 e. The third kappa shape index (κ3) is 8.41. The molecule has 2 aliphatic carbocycles. The average molecular weight is 590 g/mol. The number of benzene rings is 2. The highest BCUT2D eigenvalue weighted by Gasteiger charge is 2.22. The number of aromatic nitrogens is 1. The van der Waals surface area contributed by atoms with E-state index in [9.17, 15) is 13.2 Å². The first kappa shape index (κ1) is 30.7. The summed E-state index contributed by atoms with van der Waals surface area (Å²) in [5.74, 6) is 0.168. The molecular weight excluding hydrogens is 542 g/mol. The summed E-state index contributed by atoms with van der Waals surface area (Å²) in [6, 6.07) is 16.3. The average Bonchev–Trinajstić information content (AvgIpc) is 3.03. The summed E-state index contributed by atoms with van der Waals surface area (Å²) < 4.78 is 29.5. The molecule has 0 atom stereocenters. The molecule has 1 amide bonds. The molecule has 0 aliphatic heterocycles. The Balaban J connectivity index is 1.29. The second-order valence-corrected chi connectivity index (χ2v) is 14.1. The van der Waals surface area contributed by atoms with Crippen molar-refractivity contribution >= 4 is 32.5 Å². The van der Waals surface area contributed by atoms with Gasteiger partial charge in [0.15, 0.2) is 0 Å². The lowest BCUT2D eigenvalue weighted by molar-refractivity contribution is 0.102. The van der Waals surface area contributed by atoms with E-state index in [0.29, 0.717) is 17.2 Å². The molecule has 2 saturated carbocycles. The van der Waals surface area contributed by atoms with Crippen molar-refractivity contribution in [1.82, 2.24) is 9.71 Å². The minimum absolute atomic E-state index is 0.0283. The molecule has 1 aromatic heterocycles. The minimum atomic E-state index is -3.64. The molecule has 3 aromatic rings. The first-order chi connectivity index (χ1) is 20.5. The Bertz CT molecular complexity index is 1400. The van der Waals surface area contributed by atoms with Crippen LogP contribution in [0.3, 0.4) is 0 Å². The van der Waals surface area contributed by atoms with E-state index in [1.54, 1.807) is 24.3 Å². The molecule has 0 bridgehead atoms. The fourth-order valence-electron chi connectivity index (χ4n) is 6.65. The quantitative estimate of drug-likeness (QED) is 0.301. The maximum atomic E-state index is 13.6. The number of anilines is 1. The lowest BCUT2D eigenvalue weighted by Gasteiger charge is -2.20. The summed E-state index contributed by atoms with van der Waals surface area (Å²) >= 11 is 0. The summed E-state index contributed by atoms with van der Waals surface area (Å²) in [4.78, 5) is 18.8. The first-order valence-corrected chi connectivity index (χ1v) is 17.8. The van der Waals surface area contributed by atoms with Crippen molar-refractivity contribution in [3.05, 3.63) is 65.9 Å². The van der Waals surface area contributed by atoms with Crippen LogP contribution >= 0.6 is 0 Å². The fraction of sp³-hybridized carbons (Fsp3) is 0.543. The number of amides is 1. The van der Waals surface area contributed by atoms with Crippen molar-refractivity contribution in [2.45, 2.75) is 126 Å². The Kier molecular flexibility index (Phi) is 11.0. The SMILES string of the molecule is O=C(Nc1ccc(S(=O)(=O)NC2CCCCCCCCCC2)cc1)c1cc(C2CCCCCCC2)nc2ccccc12. The van der Waals surface area contributed by atoms with E-state index in [0.717, 1.165) is 55.1 Å². The zero-order chi connectivity index (χ0) is 29.2. The molecule has 0 unspecified atom stereocenters. The van der Waals surface area contributed by atoms with Gasteiger partial charge >= 0.3 is 0 Å². The standard InChI is InChI=1S/C35H47N3O3S/c39-35(32-26-34(27-16-10-6-5-7-11-17-27)37-33-21-15-14-20-31(32)33)36-28-22-24-30(25-23-28)42(40,41)38-29-18-12-8-3-1-2-4-9-13-19-29/h14-15,20-27,29,38H,1-13,16-19H2,(H,36,39). The van der Waals surface area contributed by atoms with Gasteiger partial charge in [-0.1, -0.05) is 102 Å². The predicted molar refractivity (Wildman–Crippen MR) is 171 cm³/mol. The first-order valence-electron chi connectivity index (χ1n) is 16.3. The number of carbonyl (C=O) groups is 1. The lowest BCUT2D eigenvalue weighted by atomic mass is 9.87. The van der Waals surface area contributed by atoms with Gasteiger partial charge in [-0.25, -0.2) is 13.1 Å². The highest BCUT2D eigenvalue weighted by atomic mass is 32.2. The summed E-state index contributed by atoms with van der Waals surface area (Å²) in [6.07, 6.45) is 19.7. The second kappa shape index (κ2) is 15.1. The lowest BCUT2D eigenvalue weighted by Crippen LogP contribution is -2.34. The van der Waals surface area contributed by atoms with Gasteiger partial charge in [-0.3, -0.25) is 9.78 Å². The van der Waals surface area contributed by atoms with Gasteiger partial charge < -0.3 is 5.32 Å². The van der Waals surface area contributed by atoms with Gasteiger partial charge in [-0.2, -0.15) is 0 Å². The van der Waals surface area contributed by atoms with Crippen molar-refractivity contribution in [2.75, 3.05) is 5.32 Å². The van der Waals surface area contributed by atoms with Gasteiger partial charge in [-0.15, -0.1) is 0 Å². The van der Waals surface area contributed by atoms with E-state index in [1.807, 2.05) is 30.3 Å². The summed E-state index contributed by atoms with van der Waals surface area (Å²) in [5.41, 5.74) is 3.03. The smallest absolute Gasteiger partial charge is 0.256 e. The van der Waals surface area contributed by atoms with Crippen LogP contribution in [-0.4, -0.2) is 25.4 Å². The molecule has 0 radical (unpaired) electrons. The molecule has 42 heavy (non-hydrogen) atoms. The van der Waals surface area contributed by atoms with E-state index in [1.165, 1.54) is 70.6 Å². The summed E-state index contributed by atoms with van der Waals surface area (Å²) in [6.45, 7) is 0. The van der Waals surface area contributed by atoms with Crippen LogP contribution in [0.2, 0.25) is 0 Å². The molecule has 0 spiro atoms. The predicted octanol–water partition coefficient (Wildman–Crippen LogP) is 8.88. The third-order valence-electron chi connectivity index (χ3n) is 9.10. The largest absolute Gasteiger partial charge is 0.322 e. The number of nitrogens with one attached hydrogen (secondary N) is 2. The topological polar surface area (TPSA) is 88.2 Å². The monoisotopic (exact) mass is 589 g/mol. The van der Waals surface area contributed by atoms with Crippen LogP contribution < -0.4 is 10.0 Å². The van der Waals surface area contributed by atoms with E-state index in [-0.39, 0.29) is 16.8 Å². The van der Waals surface area contributed by atoms with E-state index >= 15 is 0 Å². The number of pyridine rings is 1. The van der Waals surface area contributed by atoms with Gasteiger partial charge in [0.05, 0.1) is 16.0 Å². The zero-order valence-corrected chi connectivity index (χ0v) is 25.8. The Hall–Kier alpha value is -2.77. The van der Waals surface area contributed by atoms with Gasteiger partial charge in [0, 0.05) is 28.7 Å². The molecule has 7 heteroatoms. The van der Waals surface area contributed by atoms with Crippen LogP contribution in [0.15, 0.2) is 59.5 Å². The number of para-hydroxylation sites is 1. The fourth-order valence-corrected chi connectivity index (χ4v) is 7.96. The van der Waals surface area contributed by atoms with E-state index in [2.05, 4.69) is 10.0 Å². The van der Waals surface area contributed by atoms with Gasteiger partial charge in [0.1, 0.15) is 0 Å². The highest BCUT2D eigenvalue weighted by molar-refractivity contribution is 7.89. The summed E-state index contributed by atoms with van der Waals surface area (Å²) in [7, 11) is -3.64. The number of fused-ring (bicyclic) bond motifs is 1. The van der Waals surface area contributed by atoms with Crippen LogP contribution in [0.1, 0.15) is 131 Å². The van der Waals surface area contributed by atoms with Crippen molar-refractivity contribution in [3.63, 3.8) is 0 Å². The molecule has 2 aliphatic rings. The van der Waals surface area contributed by atoms with Crippen LogP contribution in [0, 0.1) is 0 Å². The van der Waals surface area contributed by atoms with Gasteiger partial charge in [0.25, 0.3) is 5.91 Å².